The van der Waals surface area contributed by atoms with Crippen molar-refractivity contribution in [1.82, 2.24) is 0 Å². The second kappa shape index (κ2) is 5.90. The highest BCUT2D eigenvalue weighted by Crippen LogP contribution is 2.27. The van der Waals surface area contributed by atoms with Crippen molar-refractivity contribution in [1.29, 1.82) is 0 Å². The van der Waals surface area contributed by atoms with Crippen LogP contribution in [0.15, 0.2) is 12.1 Å². The molecule has 1 aromatic carbocycles. The fourth-order valence-electron chi connectivity index (χ4n) is 1.27. The Morgan fingerprint density at radius 3 is 2.59 bits per heavy atom. The third kappa shape index (κ3) is 3.92. The molecule has 0 spiro atoms. The van der Waals surface area contributed by atoms with Gasteiger partial charge >= 0.3 is 12.6 Å². The van der Waals surface area contributed by atoms with Gasteiger partial charge in [0.1, 0.15) is 11.6 Å². The van der Waals surface area contributed by atoms with Crippen molar-refractivity contribution in [2.75, 3.05) is 0 Å². The molecule has 0 saturated heterocycles. The van der Waals surface area contributed by atoms with Gasteiger partial charge in [-0.15, -0.1) is 0 Å². The average molecular weight is 313 g/mol. The lowest BCUT2D eigenvalue weighted by atomic mass is 10.1. The van der Waals surface area contributed by atoms with E-state index in [4.69, 9.17) is 5.11 Å². The molecule has 0 unspecified atom stereocenters. The van der Waals surface area contributed by atoms with Gasteiger partial charge in [-0.3, -0.25) is 4.79 Å². The Kier molecular flexibility index (Phi) is 4.80. The topological polar surface area (TPSA) is 46.5 Å². The van der Waals surface area contributed by atoms with Crippen LogP contribution in [-0.2, 0) is 16.5 Å². The van der Waals surface area contributed by atoms with E-state index in [9.17, 15) is 18.0 Å². The predicted molar refractivity (Wildman–Crippen MR) is 57.0 cm³/mol. The highest BCUT2D eigenvalue weighted by molar-refractivity contribution is 9.08. The van der Waals surface area contributed by atoms with Crippen molar-refractivity contribution in [2.24, 2.45) is 0 Å². The minimum atomic E-state index is -3.13. The van der Waals surface area contributed by atoms with E-state index in [2.05, 4.69) is 20.7 Å². The molecule has 0 atom stereocenters. The van der Waals surface area contributed by atoms with Gasteiger partial charge in [0.05, 0.1) is 6.42 Å². The predicted octanol–water partition coefficient (Wildman–Crippen LogP) is 2.95. The maximum atomic E-state index is 13.5. The quantitative estimate of drug-likeness (QED) is 0.850. The SMILES string of the molecule is O=C(O)Cc1c(F)cc(CBr)cc1OC(F)F. The highest BCUT2D eigenvalue weighted by atomic mass is 79.9. The molecule has 0 aromatic heterocycles. The minimum Gasteiger partial charge on any atom is -0.481 e. The Morgan fingerprint density at radius 2 is 2.12 bits per heavy atom. The third-order valence-electron chi connectivity index (χ3n) is 1.91. The van der Waals surface area contributed by atoms with E-state index in [1.165, 1.54) is 6.07 Å². The smallest absolute Gasteiger partial charge is 0.387 e. The first kappa shape index (κ1) is 13.8. The van der Waals surface area contributed by atoms with Crippen LogP contribution in [0.1, 0.15) is 11.1 Å². The Bertz CT molecular complexity index is 424. The lowest BCUT2D eigenvalue weighted by molar-refractivity contribution is -0.136. The van der Waals surface area contributed by atoms with Crippen LogP contribution in [0, 0.1) is 5.82 Å². The van der Waals surface area contributed by atoms with E-state index in [-0.39, 0.29) is 10.9 Å². The number of hydrogen-bond donors (Lipinski definition) is 1. The van der Waals surface area contributed by atoms with Crippen molar-refractivity contribution >= 4 is 21.9 Å². The number of aliphatic carboxylic acids is 1. The van der Waals surface area contributed by atoms with Crippen molar-refractivity contribution < 1.29 is 27.8 Å². The number of alkyl halides is 3. The number of carbonyl (C=O) groups is 1. The molecule has 0 aliphatic rings. The summed E-state index contributed by atoms with van der Waals surface area (Å²) in [6, 6.07) is 2.26. The zero-order valence-corrected chi connectivity index (χ0v) is 10.0. The van der Waals surface area contributed by atoms with Crippen molar-refractivity contribution in [3.05, 3.63) is 29.1 Å². The molecule has 0 aliphatic heterocycles. The van der Waals surface area contributed by atoms with E-state index in [0.717, 1.165) is 6.07 Å². The summed E-state index contributed by atoms with van der Waals surface area (Å²) in [6.45, 7) is -3.13. The second-order valence-corrected chi connectivity index (χ2v) is 3.70. The molecule has 0 bridgehead atoms. The average Bonchev–Trinajstić information content (AvgIpc) is 2.21. The molecule has 0 aliphatic carbocycles. The van der Waals surface area contributed by atoms with Crippen LogP contribution in [0.4, 0.5) is 13.2 Å². The Labute approximate surface area is 103 Å². The van der Waals surface area contributed by atoms with Crippen LogP contribution in [0.25, 0.3) is 0 Å². The first-order chi connectivity index (χ1) is 7.93. The van der Waals surface area contributed by atoms with Crippen LogP contribution in [0.2, 0.25) is 0 Å². The number of hydrogen-bond acceptors (Lipinski definition) is 2. The number of rotatable bonds is 5. The molecule has 1 aromatic rings. The monoisotopic (exact) mass is 312 g/mol. The van der Waals surface area contributed by atoms with Gasteiger partial charge in [0, 0.05) is 10.9 Å². The van der Waals surface area contributed by atoms with Crippen LogP contribution < -0.4 is 4.74 Å². The summed E-state index contributed by atoms with van der Waals surface area (Å²) in [6.07, 6.45) is -0.712. The van der Waals surface area contributed by atoms with Gasteiger partial charge in [-0.25, -0.2) is 4.39 Å². The molecule has 1 N–H and O–H groups in total. The van der Waals surface area contributed by atoms with Gasteiger partial charge in [0.25, 0.3) is 0 Å². The summed E-state index contributed by atoms with van der Waals surface area (Å²) < 4.78 is 41.8. The lowest BCUT2D eigenvalue weighted by Gasteiger charge is -2.11. The van der Waals surface area contributed by atoms with Gasteiger partial charge in [-0.2, -0.15) is 8.78 Å². The van der Waals surface area contributed by atoms with Gasteiger partial charge in [-0.05, 0) is 17.7 Å². The summed E-state index contributed by atoms with van der Waals surface area (Å²) in [5.74, 6) is -2.65. The molecule has 7 heteroatoms. The van der Waals surface area contributed by atoms with Gasteiger partial charge in [-0.1, -0.05) is 15.9 Å². The normalized spacial score (nSPS) is 10.6. The summed E-state index contributed by atoms with van der Waals surface area (Å²) in [5, 5.41) is 8.80. The first-order valence-corrected chi connectivity index (χ1v) is 5.60. The Hall–Kier alpha value is -1.24. The molecule has 0 radical (unpaired) electrons. The minimum absolute atomic E-state index is 0.247. The largest absolute Gasteiger partial charge is 0.481 e. The third-order valence-corrected chi connectivity index (χ3v) is 2.56. The van der Waals surface area contributed by atoms with Crippen LogP contribution in [0.3, 0.4) is 0 Å². The van der Waals surface area contributed by atoms with Crippen molar-refractivity contribution in [3.63, 3.8) is 0 Å². The molecule has 1 rings (SSSR count). The molecule has 17 heavy (non-hydrogen) atoms. The molecule has 94 valence electrons. The molecule has 0 saturated carbocycles. The molecular weight excluding hydrogens is 305 g/mol. The number of benzene rings is 1. The van der Waals surface area contributed by atoms with Crippen LogP contribution >= 0.6 is 15.9 Å². The molecular formula is C10H8BrF3O3. The van der Waals surface area contributed by atoms with Gasteiger partial charge in [0.2, 0.25) is 0 Å². The van der Waals surface area contributed by atoms with Crippen molar-refractivity contribution in [2.45, 2.75) is 18.4 Å². The first-order valence-electron chi connectivity index (χ1n) is 4.48. The lowest BCUT2D eigenvalue weighted by Crippen LogP contribution is -2.10. The number of carboxylic acids is 1. The molecule has 0 heterocycles. The second-order valence-electron chi connectivity index (χ2n) is 3.14. The van der Waals surface area contributed by atoms with Gasteiger partial charge < -0.3 is 9.84 Å². The number of carboxylic acid groups (broad SMARTS) is 1. The van der Waals surface area contributed by atoms with E-state index in [1.54, 1.807) is 0 Å². The summed E-state index contributed by atoms with van der Waals surface area (Å²) >= 11 is 3.04. The van der Waals surface area contributed by atoms with E-state index < -0.39 is 30.6 Å². The van der Waals surface area contributed by atoms with Gasteiger partial charge in [0.15, 0.2) is 0 Å². The van der Waals surface area contributed by atoms with Crippen LogP contribution in [-0.4, -0.2) is 17.7 Å². The fourth-order valence-corrected chi connectivity index (χ4v) is 1.59. The van der Waals surface area contributed by atoms with Crippen LogP contribution in [0.5, 0.6) is 5.75 Å². The maximum Gasteiger partial charge on any atom is 0.387 e. The maximum absolute atomic E-state index is 13.5. The number of ether oxygens (including phenoxy) is 1. The van der Waals surface area contributed by atoms with E-state index in [1.807, 2.05) is 0 Å². The highest BCUT2D eigenvalue weighted by Gasteiger charge is 2.17. The zero-order chi connectivity index (χ0) is 13.0. The van der Waals surface area contributed by atoms with E-state index in [0.29, 0.717) is 5.56 Å². The Morgan fingerprint density at radius 1 is 1.47 bits per heavy atom. The zero-order valence-electron chi connectivity index (χ0n) is 8.42. The molecule has 3 nitrogen and oxygen atoms in total. The molecule has 0 amide bonds. The number of halogens is 4. The summed E-state index contributed by atoms with van der Waals surface area (Å²) in [7, 11) is 0. The summed E-state index contributed by atoms with van der Waals surface area (Å²) in [4.78, 5) is 10.5. The van der Waals surface area contributed by atoms with E-state index >= 15 is 0 Å². The fraction of sp³-hybridized carbons (Fsp3) is 0.300. The van der Waals surface area contributed by atoms with Crippen molar-refractivity contribution in [3.8, 4) is 5.75 Å². The standard InChI is InChI=1S/C10H8BrF3O3/c11-4-5-1-7(12)6(3-9(15)16)8(2-5)17-10(13)14/h1-2,10H,3-4H2,(H,15,16). The Balaban J connectivity index is 3.18. The summed E-state index contributed by atoms with van der Waals surface area (Å²) in [5.41, 5.74) is -0.00483. The molecule has 0 fully saturated rings.